The maximum Gasteiger partial charge on any atom is 0.332 e. The number of amides is 1. The number of para-hydroxylation sites is 1. The molecule has 4 rings (SSSR count). The number of H-pyrrole nitrogens is 1. The third-order valence-corrected chi connectivity index (χ3v) is 4.27. The normalized spacial score (nSPS) is 11.0. The zero-order valence-corrected chi connectivity index (χ0v) is 15.0. The number of carbonyl (C=O) groups is 1. The molecule has 2 heterocycles. The number of rotatable bonds is 4. The highest BCUT2D eigenvalue weighted by atomic mass is 19.1. The van der Waals surface area contributed by atoms with E-state index in [1.54, 1.807) is 12.1 Å². The Balaban J connectivity index is 2.12. The summed E-state index contributed by atoms with van der Waals surface area (Å²) >= 11 is 0. The maximum atomic E-state index is 14.6. The van der Waals surface area contributed by atoms with Crippen LogP contribution in [0.1, 0.15) is 10.5 Å². The SMILES string of the molecule is COc1cccc(F)c1-n1c(=O)[nH]c2c(C(N)=O)nc(-c3cccc(O)c3)nc21. The van der Waals surface area contributed by atoms with Gasteiger partial charge in [0.15, 0.2) is 23.0 Å². The molecule has 0 fully saturated rings. The molecule has 146 valence electrons. The largest absolute Gasteiger partial charge is 0.508 e. The molecule has 10 heteroatoms. The topological polar surface area (TPSA) is 136 Å². The van der Waals surface area contributed by atoms with Crippen molar-refractivity contribution in [2.24, 2.45) is 5.73 Å². The number of fused-ring (bicyclic) bond motifs is 1. The highest BCUT2D eigenvalue weighted by Crippen LogP contribution is 2.29. The molecule has 1 amide bonds. The average molecular weight is 395 g/mol. The van der Waals surface area contributed by atoms with Crippen LogP contribution in [0.5, 0.6) is 11.5 Å². The lowest BCUT2D eigenvalue weighted by molar-refractivity contribution is 0.0997. The second kappa shape index (κ2) is 6.75. The van der Waals surface area contributed by atoms with E-state index in [4.69, 9.17) is 10.5 Å². The van der Waals surface area contributed by atoms with Gasteiger partial charge in [0.25, 0.3) is 5.91 Å². The molecule has 2 aromatic heterocycles. The monoisotopic (exact) mass is 395 g/mol. The highest BCUT2D eigenvalue weighted by molar-refractivity contribution is 6.02. The number of phenolic OH excluding ortho intramolecular Hbond substituents is 1. The van der Waals surface area contributed by atoms with Crippen molar-refractivity contribution >= 4 is 17.1 Å². The predicted molar refractivity (Wildman–Crippen MR) is 102 cm³/mol. The Morgan fingerprint density at radius 3 is 2.69 bits per heavy atom. The first-order valence-electron chi connectivity index (χ1n) is 8.35. The molecule has 29 heavy (non-hydrogen) atoms. The third kappa shape index (κ3) is 2.96. The second-order valence-electron chi connectivity index (χ2n) is 6.07. The number of phenols is 1. The molecule has 4 aromatic rings. The summed E-state index contributed by atoms with van der Waals surface area (Å²) < 4.78 is 20.8. The fourth-order valence-electron chi connectivity index (χ4n) is 3.02. The number of halogens is 1. The molecule has 0 radical (unpaired) electrons. The number of aromatic nitrogens is 4. The first kappa shape index (κ1) is 18.2. The van der Waals surface area contributed by atoms with Gasteiger partial charge in [-0.2, -0.15) is 0 Å². The van der Waals surface area contributed by atoms with Crippen LogP contribution in [0.3, 0.4) is 0 Å². The Morgan fingerprint density at radius 2 is 2.00 bits per heavy atom. The lowest BCUT2D eigenvalue weighted by atomic mass is 10.2. The lowest BCUT2D eigenvalue weighted by Crippen LogP contribution is -2.17. The number of imidazole rings is 1. The van der Waals surface area contributed by atoms with Crippen molar-refractivity contribution in [1.29, 1.82) is 0 Å². The van der Waals surface area contributed by atoms with E-state index in [1.165, 1.54) is 31.4 Å². The molecule has 0 spiro atoms. The lowest BCUT2D eigenvalue weighted by Gasteiger charge is -2.11. The van der Waals surface area contributed by atoms with E-state index >= 15 is 0 Å². The molecule has 9 nitrogen and oxygen atoms in total. The molecule has 0 bridgehead atoms. The molecule has 0 unspecified atom stereocenters. The Hall–Kier alpha value is -4.21. The van der Waals surface area contributed by atoms with Gasteiger partial charge in [-0.05, 0) is 24.3 Å². The Bertz CT molecular complexity index is 1330. The van der Waals surface area contributed by atoms with Crippen LogP contribution in [-0.2, 0) is 0 Å². The van der Waals surface area contributed by atoms with Crippen molar-refractivity contribution in [3.05, 3.63) is 64.5 Å². The molecule has 0 atom stereocenters. The van der Waals surface area contributed by atoms with Crippen LogP contribution in [0.25, 0.3) is 28.2 Å². The zero-order valence-electron chi connectivity index (χ0n) is 15.0. The molecule has 0 saturated heterocycles. The van der Waals surface area contributed by atoms with Gasteiger partial charge in [-0.15, -0.1) is 0 Å². The van der Waals surface area contributed by atoms with Crippen LogP contribution in [0.4, 0.5) is 4.39 Å². The summed E-state index contributed by atoms with van der Waals surface area (Å²) in [7, 11) is 1.33. The molecular weight excluding hydrogens is 381 g/mol. The van der Waals surface area contributed by atoms with E-state index in [1.807, 2.05) is 0 Å². The van der Waals surface area contributed by atoms with E-state index in [0.29, 0.717) is 5.56 Å². The number of hydrogen-bond acceptors (Lipinski definition) is 6. The van der Waals surface area contributed by atoms with E-state index < -0.39 is 17.4 Å². The van der Waals surface area contributed by atoms with Gasteiger partial charge in [0, 0.05) is 5.56 Å². The van der Waals surface area contributed by atoms with Crippen LogP contribution in [0.15, 0.2) is 47.3 Å². The number of carbonyl (C=O) groups excluding carboxylic acids is 1. The molecule has 0 saturated carbocycles. The Labute approximate surface area is 162 Å². The van der Waals surface area contributed by atoms with Gasteiger partial charge in [-0.1, -0.05) is 18.2 Å². The second-order valence-corrected chi connectivity index (χ2v) is 6.07. The van der Waals surface area contributed by atoms with E-state index in [2.05, 4.69) is 15.0 Å². The summed E-state index contributed by atoms with van der Waals surface area (Å²) in [5.41, 5.74) is 4.50. The number of ether oxygens (including phenoxy) is 1. The fraction of sp³-hybridized carbons (Fsp3) is 0.0526. The molecular formula is C19H14FN5O4. The summed E-state index contributed by atoms with van der Waals surface area (Å²) in [6.07, 6.45) is 0. The van der Waals surface area contributed by atoms with E-state index in [-0.39, 0.29) is 39.9 Å². The molecule has 0 aliphatic carbocycles. The molecule has 0 aliphatic heterocycles. The fourth-order valence-corrected chi connectivity index (χ4v) is 3.02. The molecule has 2 aromatic carbocycles. The standard InChI is InChI=1S/C19H14FN5O4/c1-29-12-7-3-6-11(20)15(12)25-18-14(23-19(25)28)13(16(21)27)22-17(24-18)9-4-2-5-10(26)8-9/h2-8,26H,1H3,(H2,21,27)(H,23,28). The Morgan fingerprint density at radius 1 is 1.24 bits per heavy atom. The first-order valence-corrected chi connectivity index (χ1v) is 8.35. The quantitative estimate of drug-likeness (QED) is 0.481. The van der Waals surface area contributed by atoms with E-state index in [9.17, 15) is 19.1 Å². The summed E-state index contributed by atoms with van der Waals surface area (Å²) in [5, 5.41) is 9.73. The number of hydrogen-bond donors (Lipinski definition) is 3. The van der Waals surface area contributed by atoms with E-state index in [0.717, 1.165) is 10.6 Å². The minimum absolute atomic E-state index is 0.0188. The zero-order chi connectivity index (χ0) is 20.7. The number of nitrogens with one attached hydrogen (secondary N) is 1. The number of nitrogens with two attached hydrogens (primary N) is 1. The summed E-state index contributed by atoms with van der Waals surface area (Å²) in [6, 6.07) is 10.1. The van der Waals surface area contributed by atoms with Gasteiger partial charge >= 0.3 is 5.69 Å². The maximum absolute atomic E-state index is 14.6. The van der Waals surface area contributed by atoms with Gasteiger partial charge in [0.05, 0.1) is 7.11 Å². The van der Waals surface area contributed by atoms with Crippen molar-refractivity contribution in [3.8, 4) is 28.6 Å². The van der Waals surface area contributed by atoms with Crippen LogP contribution >= 0.6 is 0 Å². The minimum Gasteiger partial charge on any atom is -0.508 e. The van der Waals surface area contributed by atoms with Gasteiger partial charge in [0.2, 0.25) is 0 Å². The van der Waals surface area contributed by atoms with Crippen molar-refractivity contribution in [1.82, 2.24) is 19.5 Å². The molecule has 0 aliphatic rings. The van der Waals surface area contributed by atoms with Gasteiger partial charge in [-0.25, -0.2) is 23.7 Å². The molecule has 4 N–H and O–H groups in total. The number of primary amides is 1. The average Bonchev–Trinajstić information content (AvgIpc) is 3.02. The van der Waals surface area contributed by atoms with Crippen molar-refractivity contribution in [2.75, 3.05) is 7.11 Å². The first-order chi connectivity index (χ1) is 13.9. The van der Waals surface area contributed by atoms with Gasteiger partial charge in [-0.3, -0.25) is 4.79 Å². The number of methoxy groups -OCH3 is 1. The van der Waals surface area contributed by atoms with Crippen LogP contribution in [-0.4, -0.2) is 37.6 Å². The number of nitrogens with zero attached hydrogens (tertiary/aromatic N) is 3. The summed E-state index contributed by atoms with van der Waals surface area (Å²) in [6.45, 7) is 0. The number of benzene rings is 2. The van der Waals surface area contributed by atoms with Crippen molar-refractivity contribution < 1.29 is 19.0 Å². The van der Waals surface area contributed by atoms with Crippen LogP contribution < -0.4 is 16.2 Å². The van der Waals surface area contributed by atoms with Crippen molar-refractivity contribution in [3.63, 3.8) is 0 Å². The van der Waals surface area contributed by atoms with Crippen molar-refractivity contribution in [2.45, 2.75) is 0 Å². The number of aromatic amines is 1. The smallest absolute Gasteiger partial charge is 0.332 e. The predicted octanol–water partition coefficient (Wildman–Crippen LogP) is 1.73. The van der Waals surface area contributed by atoms with Gasteiger partial charge < -0.3 is 20.6 Å². The highest BCUT2D eigenvalue weighted by Gasteiger charge is 2.23. The number of aromatic hydroxyl groups is 1. The Kier molecular flexibility index (Phi) is 4.23. The summed E-state index contributed by atoms with van der Waals surface area (Å²) in [5.74, 6) is -1.58. The van der Waals surface area contributed by atoms with Crippen LogP contribution in [0.2, 0.25) is 0 Å². The minimum atomic E-state index is -0.910. The summed E-state index contributed by atoms with van der Waals surface area (Å²) in [4.78, 5) is 35.5. The van der Waals surface area contributed by atoms with Crippen LogP contribution in [0, 0.1) is 5.82 Å². The van der Waals surface area contributed by atoms with Gasteiger partial charge in [0.1, 0.15) is 22.7 Å². The third-order valence-electron chi connectivity index (χ3n) is 4.27.